The third-order valence-electron chi connectivity index (χ3n) is 4.01. The van der Waals surface area contributed by atoms with Gasteiger partial charge in [0.1, 0.15) is 5.84 Å². The topological polar surface area (TPSA) is 56.4 Å². The van der Waals surface area contributed by atoms with Crippen LogP contribution in [0.25, 0.3) is 0 Å². The van der Waals surface area contributed by atoms with Gasteiger partial charge in [0.2, 0.25) is 0 Å². The van der Waals surface area contributed by atoms with Crippen LogP contribution in [0.3, 0.4) is 0 Å². The van der Waals surface area contributed by atoms with E-state index in [0.29, 0.717) is 0 Å². The summed E-state index contributed by atoms with van der Waals surface area (Å²) >= 11 is 0. The van der Waals surface area contributed by atoms with Gasteiger partial charge in [-0.25, -0.2) is 0 Å². The zero-order chi connectivity index (χ0) is 14.9. The lowest BCUT2D eigenvalue weighted by atomic mass is 10.0. The average Bonchev–Trinajstić information content (AvgIpc) is 2.37. The molecule has 0 spiro atoms. The van der Waals surface area contributed by atoms with Crippen molar-refractivity contribution in [2.24, 2.45) is 5.73 Å². The van der Waals surface area contributed by atoms with E-state index in [2.05, 4.69) is 42.7 Å². The molecule has 110 valence electrons. The van der Waals surface area contributed by atoms with Gasteiger partial charge in [0.25, 0.3) is 0 Å². The Hall–Kier alpha value is -1.55. The summed E-state index contributed by atoms with van der Waals surface area (Å²) in [4.78, 5) is 4.85. The fourth-order valence-corrected chi connectivity index (χ4v) is 2.76. The van der Waals surface area contributed by atoms with E-state index < -0.39 is 0 Å². The monoisotopic (exact) mass is 274 g/mol. The fourth-order valence-electron chi connectivity index (χ4n) is 2.76. The number of benzene rings is 1. The zero-order valence-electron chi connectivity index (χ0n) is 13.0. The first-order chi connectivity index (χ1) is 9.29. The summed E-state index contributed by atoms with van der Waals surface area (Å²) in [5, 5.41) is 7.77. The van der Waals surface area contributed by atoms with Gasteiger partial charge in [-0.1, -0.05) is 11.6 Å². The summed E-state index contributed by atoms with van der Waals surface area (Å²) in [5.74, 6) is 0.155. The first kappa shape index (κ1) is 14.9. The highest BCUT2D eigenvalue weighted by Crippen LogP contribution is 2.25. The van der Waals surface area contributed by atoms with Gasteiger partial charge in [-0.3, -0.25) is 10.3 Å². The van der Waals surface area contributed by atoms with Gasteiger partial charge in [0.05, 0.1) is 0 Å². The van der Waals surface area contributed by atoms with Crippen molar-refractivity contribution >= 4 is 11.5 Å². The molecular formula is C16H26N4. The Morgan fingerprint density at radius 1 is 1.15 bits per heavy atom. The molecule has 1 fully saturated rings. The second-order valence-electron chi connectivity index (χ2n) is 6.58. The number of nitrogens with zero attached hydrogens (tertiary/aromatic N) is 2. The van der Waals surface area contributed by atoms with Crippen LogP contribution in [0.1, 0.15) is 31.9 Å². The number of nitrogen functional groups attached to an aromatic ring is 1. The van der Waals surface area contributed by atoms with E-state index in [9.17, 15) is 0 Å². The van der Waals surface area contributed by atoms with Gasteiger partial charge in [-0.2, -0.15) is 0 Å². The van der Waals surface area contributed by atoms with Gasteiger partial charge in [-0.05, 0) is 39.8 Å². The number of rotatable bonds is 2. The third kappa shape index (κ3) is 3.12. The Kier molecular flexibility index (Phi) is 4.04. The molecule has 2 rings (SSSR count). The normalized spacial score (nSPS) is 17.3. The van der Waals surface area contributed by atoms with Gasteiger partial charge >= 0.3 is 0 Å². The average molecular weight is 274 g/mol. The Bertz CT molecular complexity index is 494. The van der Waals surface area contributed by atoms with Crippen LogP contribution in [-0.4, -0.2) is 42.5 Å². The molecule has 0 bridgehead atoms. The van der Waals surface area contributed by atoms with E-state index in [1.54, 1.807) is 0 Å². The highest BCUT2D eigenvalue weighted by Gasteiger charge is 2.26. The van der Waals surface area contributed by atoms with Crippen LogP contribution in [-0.2, 0) is 0 Å². The molecular weight excluding hydrogens is 248 g/mol. The van der Waals surface area contributed by atoms with E-state index in [-0.39, 0.29) is 11.4 Å². The largest absolute Gasteiger partial charge is 0.384 e. The molecule has 0 unspecified atom stereocenters. The summed E-state index contributed by atoms with van der Waals surface area (Å²) in [7, 11) is 0. The number of hydrogen-bond acceptors (Lipinski definition) is 3. The minimum absolute atomic E-state index is 0.155. The standard InChI is InChI=1S/C16H26N4/c1-12-5-6-14(13(11-12)15(17)18)19-7-9-20(10-8-19)16(2,3)4/h5-6,11H,7-10H2,1-4H3,(H3,17,18). The maximum atomic E-state index is 7.77. The summed E-state index contributed by atoms with van der Waals surface area (Å²) in [6.07, 6.45) is 0. The zero-order valence-corrected chi connectivity index (χ0v) is 13.0. The van der Waals surface area contributed by atoms with Crippen molar-refractivity contribution in [2.75, 3.05) is 31.1 Å². The number of aryl methyl sites for hydroxylation is 1. The van der Waals surface area contributed by atoms with Crippen molar-refractivity contribution in [2.45, 2.75) is 33.2 Å². The molecule has 0 aromatic heterocycles. The van der Waals surface area contributed by atoms with Crippen LogP contribution in [0.15, 0.2) is 18.2 Å². The third-order valence-corrected chi connectivity index (χ3v) is 4.01. The van der Waals surface area contributed by atoms with Gasteiger partial charge < -0.3 is 10.6 Å². The summed E-state index contributed by atoms with van der Waals surface area (Å²) in [6.45, 7) is 12.9. The van der Waals surface area contributed by atoms with E-state index in [0.717, 1.165) is 43.0 Å². The Morgan fingerprint density at radius 2 is 1.75 bits per heavy atom. The lowest BCUT2D eigenvalue weighted by Gasteiger charge is -2.43. The van der Waals surface area contributed by atoms with Crippen LogP contribution < -0.4 is 10.6 Å². The minimum Gasteiger partial charge on any atom is -0.384 e. The molecule has 1 aromatic rings. The molecule has 1 aromatic carbocycles. The SMILES string of the molecule is Cc1ccc(N2CCN(C(C)(C)C)CC2)c(C(=N)N)c1. The van der Waals surface area contributed by atoms with Crippen molar-refractivity contribution in [1.82, 2.24) is 4.90 Å². The van der Waals surface area contributed by atoms with Crippen LogP contribution in [0, 0.1) is 12.3 Å². The lowest BCUT2D eigenvalue weighted by molar-refractivity contribution is 0.128. The Morgan fingerprint density at radius 3 is 2.25 bits per heavy atom. The Labute approximate surface area is 122 Å². The first-order valence-corrected chi connectivity index (χ1v) is 7.24. The summed E-state index contributed by atoms with van der Waals surface area (Å²) in [5.41, 5.74) is 9.05. The number of amidine groups is 1. The first-order valence-electron chi connectivity index (χ1n) is 7.24. The van der Waals surface area contributed by atoms with Gasteiger partial charge in [0, 0.05) is 43.0 Å². The smallest absolute Gasteiger partial charge is 0.124 e. The predicted octanol–water partition coefficient (Wildman–Crippen LogP) is 2.20. The van der Waals surface area contributed by atoms with Crippen LogP contribution in [0.4, 0.5) is 5.69 Å². The van der Waals surface area contributed by atoms with Crippen molar-refractivity contribution in [3.63, 3.8) is 0 Å². The number of anilines is 1. The van der Waals surface area contributed by atoms with Crippen molar-refractivity contribution in [3.8, 4) is 0 Å². The molecule has 4 heteroatoms. The molecule has 0 saturated carbocycles. The van der Waals surface area contributed by atoms with E-state index >= 15 is 0 Å². The van der Waals surface area contributed by atoms with Crippen LogP contribution in [0.2, 0.25) is 0 Å². The molecule has 0 aliphatic carbocycles. The van der Waals surface area contributed by atoms with Crippen molar-refractivity contribution in [3.05, 3.63) is 29.3 Å². The van der Waals surface area contributed by atoms with Crippen LogP contribution >= 0.6 is 0 Å². The molecule has 1 aliphatic heterocycles. The summed E-state index contributed by atoms with van der Waals surface area (Å²) < 4.78 is 0. The van der Waals surface area contributed by atoms with Gasteiger partial charge in [0.15, 0.2) is 0 Å². The molecule has 1 heterocycles. The van der Waals surface area contributed by atoms with E-state index in [1.165, 1.54) is 0 Å². The molecule has 20 heavy (non-hydrogen) atoms. The maximum absolute atomic E-state index is 7.77. The van der Waals surface area contributed by atoms with Crippen molar-refractivity contribution < 1.29 is 0 Å². The number of piperazine rings is 1. The second kappa shape index (κ2) is 5.44. The van der Waals surface area contributed by atoms with E-state index in [4.69, 9.17) is 11.1 Å². The molecule has 0 radical (unpaired) electrons. The molecule has 1 saturated heterocycles. The molecule has 3 N–H and O–H groups in total. The molecule has 0 amide bonds. The minimum atomic E-state index is 0.155. The quantitative estimate of drug-likeness (QED) is 0.642. The highest BCUT2D eigenvalue weighted by molar-refractivity contribution is 6.00. The highest BCUT2D eigenvalue weighted by atomic mass is 15.3. The van der Waals surface area contributed by atoms with Crippen molar-refractivity contribution in [1.29, 1.82) is 5.41 Å². The molecule has 0 atom stereocenters. The Balaban J connectivity index is 2.17. The number of nitrogens with one attached hydrogen (secondary N) is 1. The van der Waals surface area contributed by atoms with E-state index in [1.807, 2.05) is 13.0 Å². The number of nitrogens with two attached hydrogens (primary N) is 1. The van der Waals surface area contributed by atoms with Gasteiger partial charge in [-0.15, -0.1) is 0 Å². The molecule has 4 nitrogen and oxygen atoms in total. The summed E-state index contributed by atoms with van der Waals surface area (Å²) in [6, 6.07) is 6.20. The lowest BCUT2D eigenvalue weighted by Crippen LogP contribution is -2.53. The maximum Gasteiger partial charge on any atom is 0.124 e. The number of hydrogen-bond donors (Lipinski definition) is 2. The fraction of sp³-hybridized carbons (Fsp3) is 0.562. The molecule has 1 aliphatic rings. The predicted molar refractivity (Wildman–Crippen MR) is 85.7 cm³/mol. The second-order valence-corrected chi connectivity index (χ2v) is 6.58. The van der Waals surface area contributed by atoms with Crippen LogP contribution in [0.5, 0.6) is 0 Å².